The lowest BCUT2D eigenvalue weighted by atomic mass is 9.46. The Hall–Kier alpha value is -2.28. The van der Waals surface area contributed by atoms with E-state index in [1.165, 1.54) is 0 Å². The number of carboxylic acids is 4. The summed E-state index contributed by atoms with van der Waals surface area (Å²) in [6, 6.07) is 0. The van der Waals surface area contributed by atoms with E-state index in [0.717, 1.165) is 0 Å². The standard InChI is InChI=1S/C14H22N2O8.2H3N/c15-14(16)3-1-2-12(4-8(17)18,5-9(19)20)13(14,6-10(21)22)7-11(23)24;;/h1-7,15-16H2,(H,17,18)(H,19,20)(H,21,22)(H,23,24);2*1H3. The Kier molecular flexibility index (Phi) is 8.88. The van der Waals surface area contributed by atoms with Gasteiger partial charge in [-0.15, -0.1) is 0 Å². The molecular weight excluding hydrogens is 352 g/mol. The van der Waals surface area contributed by atoms with Crippen LogP contribution in [0.4, 0.5) is 0 Å². The van der Waals surface area contributed by atoms with Crippen molar-refractivity contribution in [3.05, 3.63) is 0 Å². The van der Waals surface area contributed by atoms with Crippen LogP contribution in [0.3, 0.4) is 0 Å². The third-order valence-electron chi connectivity index (χ3n) is 5.04. The molecule has 0 heterocycles. The van der Waals surface area contributed by atoms with E-state index in [-0.39, 0.29) is 31.6 Å². The summed E-state index contributed by atoms with van der Waals surface area (Å²) in [6.45, 7) is 0. The zero-order chi connectivity index (χ0) is 18.8. The maximum Gasteiger partial charge on any atom is 0.304 e. The van der Waals surface area contributed by atoms with Crippen molar-refractivity contribution in [2.75, 3.05) is 0 Å². The molecule has 0 aromatic heterocycles. The van der Waals surface area contributed by atoms with Crippen LogP contribution in [0.1, 0.15) is 44.9 Å². The number of carboxylic acid groups (broad SMARTS) is 4. The van der Waals surface area contributed by atoms with Crippen molar-refractivity contribution in [3.8, 4) is 0 Å². The van der Waals surface area contributed by atoms with E-state index < -0.39 is 66.1 Å². The zero-order valence-corrected chi connectivity index (χ0v) is 14.4. The Labute approximate surface area is 149 Å². The monoisotopic (exact) mass is 380 g/mol. The highest BCUT2D eigenvalue weighted by Gasteiger charge is 2.64. The van der Waals surface area contributed by atoms with Crippen molar-refractivity contribution in [1.29, 1.82) is 0 Å². The average molecular weight is 380 g/mol. The lowest BCUT2D eigenvalue weighted by Gasteiger charge is -2.59. The fourth-order valence-corrected chi connectivity index (χ4v) is 4.13. The number of hydrogen-bond acceptors (Lipinski definition) is 8. The minimum atomic E-state index is -1.91. The lowest BCUT2D eigenvalue weighted by molar-refractivity contribution is -0.176. The van der Waals surface area contributed by atoms with Crippen LogP contribution >= 0.6 is 0 Å². The topological polar surface area (TPSA) is 271 Å². The van der Waals surface area contributed by atoms with Gasteiger partial charge in [0.1, 0.15) is 0 Å². The number of aliphatic carboxylic acids is 4. The third kappa shape index (κ3) is 4.88. The molecule has 0 aromatic rings. The van der Waals surface area contributed by atoms with Gasteiger partial charge in [0, 0.05) is 10.8 Å². The SMILES string of the molecule is N.N.NC1(N)CCCC(CC(=O)O)(CC(=O)O)C1(CC(=O)O)CC(=O)O. The molecule has 1 aliphatic carbocycles. The first-order valence-corrected chi connectivity index (χ1v) is 7.32. The van der Waals surface area contributed by atoms with Gasteiger partial charge < -0.3 is 44.2 Å². The van der Waals surface area contributed by atoms with Gasteiger partial charge in [-0.2, -0.15) is 0 Å². The number of rotatable bonds is 8. The summed E-state index contributed by atoms with van der Waals surface area (Å²) in [6.07, 6.45) is -2.75. The minimum absolute atomic E-state index is 0. The molecule has 0 amide bonds. The van der Waals surface area contributed by atoms with E-state index >= 15 is 0 Å². The maximum absolute atomic E-state index is 11.4. The molecule has 0 bridgehead atoms. The molecule has 0 aromatic carbocycles. The first-order valence-electron chi connectivity index (χ1n) is 7.32. The molecule has 1 fully saturated rings. The van der Waals surface area contributed by atoms with Gasteiger partial charge in [0.25, 0.3) is 0 Å². The minimum Gasteiger partial charge on any atom is -0.481 e. The van der Waals surface area contributed by atoms with Gasteiger partial charge in [0.2, 0.25) is 0 Å². The van der Waals surface area contributed by atoms with Gasteiger partial charge in [-0.1, -0.05) is 0 Å². The second-order valence-corrected chi connectivity index (χ2v) is 6.54. The quantitative estimate of drug-likeness (QED) is 0.258. The predicted octanol–water partition coefficient (Wildman–Crippen LogP) is -0.0204. The smallest absolute Gasteiger partial charge is 0.304 e. The highest BCUT2D eigenvalue weighted by Crippen LogP contribution is 2.60. The van der Waals surface area contributed by atoms with Crippen molar-refractivity contribution in [1.82, 2.24) is 12.3 Å². The maximum atomic E-state index is 11.4. The highest BCUT2D eigenvalue weighted by molar-refractivity contribution is 5.76. The fraction of sp³-hybridized carbons (Fsp3) is 0.714. The van der Waals surface area contributed by atoms with Crippen LogP contribution in [-0.4, -0.2) is 50.0 Å². The van der Waals surface area contributed by atoms with Crippen molar-refractivity contribution in [3.63, 3.8) is 0 Å². The number of carbonyl (C=O) groups is 4. The number of nitrogens with two attached hydrogens (primary N) is 2. The van der Waals surface area contributed by atoms with E-state index in [0.29, 0.717) is 0 Å². The molecule has 1 aliphatic rings. The third-order valence-corrected chi connectivity index (χ3v) is 5.04. The summed E-state index contributed by atoms with van der Waals surface area (Å²) in [5, 5.41) is 37.0. The summed E-state index contributed by atoms with van der Waals surface area (Å²) >= 11 is 0. The summed E-state index contributed by atoms with van der Waals surface area (Å²) in [4.78, 5) is 45.5. The van der Waals surface area contributed by atoms with Crippen molar-refractivity contribution >= 4 is 23.9 Å². The molecule has 0 unspecified atom stereocenters. The summed E-state index contributed by atoms with van der Waals surface area (Å²) in [5.41, 5.74) is 6.68. The first kappa shape index (κ1) is 26.0. The molecule has 152 valence electrons. The molecule has 1 rings (SSSR count). The highest BCUT2D eigenvalue weighted by atomic mass is 16.4. The largest absolute Gasteiger partial charge is 0.481 e. The summed E-state index contributed by atoms with van der Waals surface area (Å²) in [5.74, 6) is -5.57. The van der Waals surface area contributed by atoms with Crippen molar-refractivity contribution < 1.29 is 39.6 Å². The molecule has 12 nitrogen and oxygen atoms in total. The van der Waals surface area contributed by atoms with Gasteiger partial charge in [-0.3, -0.25) is 19.2 Å². The first-order chi connectivity index (χ1) is 10.9. The molecule has 0 spiro atoms. The Morgan fingerprint density at radius 2 is 1.04 bits per heavy atom. The Balaban J connectivity index is 0. The van der Waals surface area contributed by atoms with Crippen LogP contribution in [-0.2, 0) is 19.2 Å². The Morgan fingerprint density at radius 3 is 1.35 bits per heavy atom. The van der Waals surface area contributed by atoms with Gasteiger partial charge in [-0.05, 0) is 19.3 Å². The molecule has 0 atom stereocenters. The van der Waals surface area contributed by atoms with Crippen LogP contribution in [0, 0.1) is 10.8 Å². The number of hydrogen-bond donors (Lipinski definition) is 8. The zero-order valence-electron chi connectivity index (χ0n) is 14.4. The van der Waals surface area contributed by atoms with Crippen molar-refractivity contribution in [2.24, 2.45) is 22.3 Å². The van der Waals surface area contributed by atoms with Gasteiger partial charge in [0.05, 0.1) is 31.3 Å². The predicted molar refractivity (Wildman–Crippen MR) is 88.9 cm³/mol. The van der Waals surface area contributed by atoms with E-state index in [4.69, 9.17) is 11.5 Å². The molecule has 0 saturated heterocycles. The molecule has 14 N–H and O–H groups in total. The van der Waals surface area contributed by atoms with E-state index in [2.05, 4.69) is 0 Å². The molecular formula is C14H28N4O8. The second-order valence-electron chi connectivity index (χ2n) is 6.54. The fourth-order valence-electron chi connectivity index (χ4n) is 4.13. The van der Waals surface area contributed by atoms with Gasteiger partial charge in [-0.25, -0.2) is 0 Å². The van der Waals surface area contributed by atoms with Crippen LogP contribution in [0.5, 0.6) is 0 Å². The average Bonchev–Trinajstić information content (AvgIpc) is 2.32. The van der Waals surface area contributed by atoms with Crippen molar-refractivity contribution in [2.45, 2.75) is 50.6 Å². The molecule has 1 saturated carbocycles. The summed E-state index contributed by atoms with van der Waals surface area (Å²) < 4.78 is 0. The normalized spacial score (nSPS) is 19.3. The molecule has 0 radical (unpaired) electrons. The molecule has 12 heteroatoms. The van der Waals surface area contributed by atoms with Gasteiger partial charge >= 0.3 is 23.9 Å². The summed E-state index contributed by atoms with van der Waals surface area (Å²) in [7, 11) is 0. The van der Waals surface area contributed by atoms with Crippen LogP contribution in [0.2, 0.25) is 0 Å². The van der Waals surface area contributed by atoms with Crippen LogP contribution in [0.15, 0.2) is 0 Å². The van der Waals surface area contributed by atoms with Crippen LogP contribution < -0.4 is 23.8 Å². The molecule has 0 aliphatic heterocycles. The van der Waals surface area contributed by atoms with E-state index in [9.17, 15) is 39.6 Å². The lowest BCUT2D eigenvalue weighted by Crippen LogP contribution is -2.72. The molecule has 26 heavy (non-hydrogen) atoms. The van der Waals surface area contributed by atoms with Gasteiger partial charge in [0.15, 0.2) is 0 Å². The Morgan fingerprint density at radius 1 is 0.692 bits per heavy atom. The van der Waals surface area contributed by atoms with Crippen LogP contribution in [0.25, 0.3) is 0 Å². The van der Waals surface area contributed by atoms with E-state index in [1.807, 2.05) is 0 Å². The second kappa shape index (κ2) is 8.89. The Bertz CT molecular complexity index is 531. The van der Waals surface area contributed by atoms with E-state index in [1.54, 1.807) is 0 Å².